The lowest BCUT2D eigenvalue weighted by molar-refractivity contribution is 0.163. The van der Waals surface area contributed by atoms with Crippen molar-refractivity contribution in [3.8, 4) is 12.3 Å². The second-order valence-corrected chi connectivity index (χ2v) is 4.87. The SMILES string of the molecule is C#CCCCN(C)C1CCC(CC)CC1. The van der Waals surface area contributed by atoms with Gasteiger partial charge in [0.05, 0.1) is 0 Å². The van der Waals surface area contributed by atoms with Crippen LogP contribution in [0.1, 0.15) is 51.9 Å². The molecule has 0 N–H and O–H groups in total. The molecule has 0 aromatic rings. The van der Waals surface area contributed by atoms with Gasteiger partial charge in [-0.15, -0.1) is 12.3 Å². The topological polar surface area (TPSA) is 3.24 Å². The van der Waals surface area contributed by atoms with Crippen molar-refractivity contribution in [2.24, 2.45) is 5.92 Å². The van der Waals surface area contributed by atoms with E-state index in [0.29, 0.717) is 0 Å². The van der Waals surface area contributed by atoms with Gasteiger partial charge in [0.25, 0.3) is 0 Å². The molecule has 0 atom stereocenters. The molecule has 1 rings (SSSR count). The molecule has 1 fully saturated rings. The zero-order chi connectivity index (χ0) is 11.1. The third-order valence-electron chi connectivity index (χ3n) is 3.85. The lowest BCUT2D eigenvalue weighted by Crippen LogP contribution is -2.35. The minimum atomic E-state index is 0.825. The number of hydrogen-bond acceptors (Lipinski definition) is 1. The molecule has 0 aromatic carbocycles. The smallest absolute Gasteiger partial charge is 0.00982 e. The predicted molar refractivity (Wildman–Crippen MR) is 66.7 cm³/mol. The first kappa shape index (κ1) is 12.6. The number of rotatable bonds is 5. The Morgan fingerprint density at radius 3 is 2.47 bits per heavy atom. The zero-order valence-electron chi connectivity index (χ0n) is 10.3. The molecule has 1 heteroatoms. The predicted octanol–water partition coefficient (Wildman–Crippen LogP) is 3.30. The second-order valence-electron chi connectivity index (χ2n) is 4.87. The molecular weight excluding hydrogens is 182 g/mol. The highest BCUT2D eigenvalue weighted by Crippen LogP contribution is 2.28. The van der Waals surface area contributed by atoms with E-state index in [-0.39, 0.29) is 0 Å². The molecule has 0 aliphatic heterocycles. The van der Waals surface area contributed by atoms with Gasteiger partial charge in [-0.25, -0.2) is 0 Å². The van der Waals surface area contributed by atoms with Crippen molar-refractivity contribution < 1.29 is 0 Å². The number of hydrogen-bond donors (Lipinski definition) is 0. The van der Waals surface area contributed by atoms with Crippen LogP contribution in [0.2, 0.25) is 0 Å². The molecule has 0 unspecified atom stereocenters. The van der Waals surface area contributed by atoms with E-state index in [1.54, 1.807) is 0 Å². The maximum absolute atomic E-state index is 5.26. The van der Waals surface area contributed by atoms with Gasteiger partial charge >= 0.3 is 0 Å². The molecule has 0 spiro atoms. The highest BCUT2D eigenvalue weighted by molar-refractivity contribution is 4.84. The molecule has 1 saturated carbocycles. The number of nitrogens with zero attached hydrogens (tertiary/aromatic N) is 1. The van der Waals surface area contributed by atoms with Crippen LogP contribution >= 0.6 is 0 Å². The molecule has 1 aliphatic carbocycles. The molecule has 0 bridgehead atoms. The van der Waals surface area contributed by atoms with Crippen molar-refractivity contribution in [1.82, 2.24) is 4.90 Å². The highest BCUT2D eigenvalue weighted by atomic mass is 15.1. The Hall–Kier alpha value is -0.480. The van der Waals surface area contributed by atoms with Crippen molar-refractivity contribution in [3.05, 3.63) is 0 Å². The Morgan fingerprint density at radius 1 is 1.27 bits per heavy atom. The van der Waals surface area contributed by atoms with Crippen LogP contribution in [0.5, 0.6) is 0 Å². The van der Waals surface area contributed by atoms with E-state index in [0.717, 1.165) is 24.8 Å². The first-order chi connectivity index (χ1) is 7.27. The Labute approximate surface area is 95.2 Å². The quantitative estimate of drug-likeness (QED) is 0.494. The van der Waals surface area contributed by atoms with Gasteiger partial charge in [-0.2, -0.15) is 0 Å². The van der Waals surface area contributed by atoms with Crippen molar-refractivity contribution in [1.29, 1.82) is 0 Å². The van der Waals surface area contributed by atoms with Crippen molar-refractivity contribution in [2.45, 2.75) is 57.9 Å². The number of unbranched alkanes of at least 4 members (excludes halogenated alkanes) is 1. The molecule has 0 saturated heterocycles. The molecule has 1 aliphatic rings. The summed E-state index contributed by atoms with van der Waals surface area (Å²) in [6, 6.07) is 0.825. The minimum Gasteiger partial charge on any atom is -0.303 e. The normalized spacial score (nSPS) is 26.5. The number of terminal acetylenes is 1. The molecule has 1 nitrogen and oxygen atoms in total. The maximum atomic E-state index is 5.26. The second kappa shape index (κ2) is 6.90. The average molecular weight is 207 g/mol. The fourth-order valence-corrected chi connectivity index (χ4v) is 2.61. The summed E-state index contributed by atoms with van der Waals surface area (Å²) >= 11 is 0. The summed E-state index contributed by atoms with van der Waals surface area (Å²) < 4.78 is 0. The molecule has 0 radical (unpaired) electrons. The van der Waals surface area contributed by atoms with Crippen LogP contribution in [0.15, 0.2) is 0 Å². The van der Waals surface area contributed by atoms with Gasteiger partial charge in [-0.1, -0.05) is 13.3 Å². The largest absolute Gasteiger partial charge is 0.303 e. The maximum Gasteiger partial charge on any atom is 0.00982 e. The lowest BCUT2D eigenvalue weighted by atomic mass is 9.84. The molecular formula is C14H25N. The summed E-state index contributed by atoms with van der Waals surface area (Å²) in [6.07, 6.45) is 14.4. The Balaban J connectivity index is 2.18. The van der Waals surface area contributed by atoms with E-state index in [1.807, 2.05) is 0 Å². The standard InChI is InChI=1S/C14H25N/c1-4-6-7-12-15(3)14-10-8-13(5-2)9-11-14/h1,13-14H,5-12H2,2-3H3. The molecule has 0 aromatic heterocycles. The summed E-state index contributed by atoms with van der Waals surface area (Å²) in [7, 11) is 2.26. The summed E-state index contributed by atoms with van der Waals surface area (Å²) in [6.45, 7) is 3.49. The third kappa shape index (κ3) is 4.26. The van der Waals surface area contributed by atoms with Crippen LogP contribution in [0, 0.1) is 18.3 Å². The van der Waals surface area contributed by atoms with Crippen LogP contribution in [0.3, 0.4) is 0 Å². The van der Waals surface area contributed by atoms with Crippen LogP contribution in [-0.2, 0) is 0 Å². The van der Waals surface area contributed by atoms with Crippen LogP contribution in [-0.4, -0.2) is 24.5 Å². The van der Waals surface area contributed by atoms with E-state index in [4.69, 9.17) is 6.42 Å². The van der Waals surface area contributed by atoms with Crippen LogP contribution in [0.25, 0.3) is 0 Å². The van der Waals surface area contributed by atoms with E-state index in [9.17, 15) is 0 Å². The van der Waals surface area contributed by atoms with E-state index < -0.39 is 0 Å². The molecule has 0 heterocycles. The van der Waals surface area contributed by atoms with Gasteiger partial charge < -0.3 is 4.90 Å². The average Bonchev–Trinajstić information content (AvgIpc) is 2.29. The zero-order valence-corrected chi connectivity index (χ0v) is 10.3. The van der Waals surface area contributed by atoms with E-state index in [1.165, 1.54) is 38.6 Å². The molecule has 0 amide bonds. The van der Waals surface area contributed by atoms with Crippen molar-refractivity contribution in [3.63, 3.8) is 0 Å². The van der Waals surface area contributed by atoms with E-state index >= 15 is 0 Å². The summed E-state index contributed by atoms with van der Waals surface area (Å²) in [5, 5.41) is 0. The Morgan fingerprint density at radius 2 is 1.93 bits per heavy atom. The van der Waals surface area contributed by atoms with Crippen LogP contribution in [0.4, 0.5) is 0 Å². The molecule has 15 heavy (non-hydrogen) atoms. The Bertz CT molecular complexity index is 196. The van der Waals surface area contributed by atoms with Crippen molar-refractivity contribution in [2.75, 3.05) is 13.6 Å². The summed E-state index contributed by atoms with van der Waals surface area (Å²) in [5.74, 6) is 3.72. The lowest BCUT2D eigenvalue weighted by Gasteiger charge is -2.34. The van der Waals surface area contributed by atoms with Gasteiger partial charge in [0.2, 0.25) is 0 Å². The van der Waals surface area contributed by atoms with Crippen molar-refractivity contribution >= 4 is 0 Å². The molecule has 86 valence electrons. The highest BCUT2D eigenvalue weighted by Gasteiger charge is 2.22. The van der Waals surface area contributed by atoms with E-state index in [2.05, 4.69) is 24.8 Å². The van der Waals surface area contributed by atoms with Gasteiger partial charge in [-0.05, 0) is 51.6 Å². The van der Waals surface area contributed by atoms with Gasteiger partial charge in [0, 0.05) is 12.5 Å². The summed E-state index contributed by atoms with van der Waals surface area (Å²) in [5.41, 5.74) is 0. The summed E-state index contributed by atoms with van der Waals surface area (Å²) in [4.78, 5) is 2.52. The van der Waals surface area contributed by atoms with Gasteiger partial charge in [0.15, 0.2) is 0 Å². The van der Waals surface area contributed by atoms with Crippen LogP contribution < -0.4 is 0 Å². The fraction of sp³-hybridized carbons (Fsp3) is 0.857. The fourth-order valence-electron chi connectivity index (χ4n) is 2.61. The van der Waals surface area contributed by atoms with Gasteiger partial charge in [0.1, 0.15) is 0 Å². The van der Waals surface area contributed by atoms with Gasteiger partial charge in [-0.3, -0.25) is 0 Å². The monoisotopic (exact) mass is 207 g/mol. The Kier molecular flexibility index (Phi) is 5.79. The first-order valence-corrected chi connectivity index (χ1v) is 6.41. The third-order valence-corrected chi connectivity index (χ3v) is 3.85. The first-order valence-electron chi connectivity index (χ1n) is 6.41. The minimum absolute atomic E-state index is 0.825.